The Balaban J connectivity index is 1.54. The molecule has 0 heterocycles. The van der Waals surface area contributed by atoms with Crippen LogP contribution in [0.5, 0.6) is 0 Å². The van der Waals surface area contributed by atoms with Gasteiger partial charge in [0.15, 0.2) is 0 Å². The first-order chi connectivity index (χ1) is 16.4. The van der Waals surface area contributed by atoms with Gasteiger partial charge in [0.2, 0.25) is 5.91 Å². The van der Waals surface area contributed by atoms with Crippen LogP contribution in [0.3, 0.4) is 0 Å². The molecule has 0 radical (unpaired) electrons. The number of rotatable bonds is 5. The van der Waals surface area contributed by atoms with Gasteiger partial charge in [0, 0.05) is 11.6 Å². The largest absolute Gasteiger partial charge is 0.326 e. The Morgan fingerprint density at radius 3 is 2.20 bits per heavy atom. The predicted octanol–water partition coefficient (Wildman–Crippen LogP) is 8.01. The zero-order valence-electron chi connectivity index (χ0n) is 17.7. The fourth-order valence-corrected chi connectivity index (χ4v) is 5.21. The standard InChI is InChI=1S/C24H15Cl5F2N2O2/c1-10-7-11(8-15(26)20(10)27)18-19(24(18,28)29)23(35)32-12-5-6-14(25)13(9-12)22(34)33-21-16(30)3-2-4-17(21)31/h2-9,18-19H,1H3,(H,32,35)(H,33,34). The molecule has 1 saturated carbocycles. The topological polar surface area (TPSA) is 58.2 Å². The number of amides is 2. The highest BCUT2D eigenvalue weighted by Gasteiger charge is 2.67. The summed E-state index contributed by atoms with van der Waals surface area (Å²) in [6.45, 7) is 1.77. The summed E-state index contributed by atoms with van der Waals surface area (Å²) in [6.07, 6.45) is 0. The van der Waals surface area contributed by atoms with Crippen molar-refractivity contribution in [2.75, 3.05) is 10.6 Å². The summed E-state index contributed by atoms with van der Waals surface area (Å²) in [7, 11) is 0. The summed E-state index contributed by atoms with van der Waals surface area (Å²) >= 11 is 31.2. The normalized spacial score (nSPS) is 18.2. The Hall–Kier alpha value is -2.09. The van der Waals surface area contributed by atoms with Crippen LogP contribution in [0.25, 0.3) is 0 Å². The van der Waals surface area contributed by atoms with Gasteiger partial charge in [0.25, 0.3) is 5.91 Å². The first-order valence-corrected chi connectivity index (χ1v) is 12.0. The fourth-order valence-electron chi connectivity index (χ4n) is 3.80. The number of benzene rings is 3. The second-order valence-electron chi connectivity index (χ2n) is 8.00. The fraction of sp³-hybridized carbons (Fsp3) is 0.167. The van der Waals surface area contributed by atoms with Crippen molar-refractivity contribution in [3.63, 3.8) is 0 Å². The second kappa shape index (κ2) is 9.75. The maximum atomic E-state index is 13.9. The lowest BCUT2D eigenvalue weighted by molar-refractivity contribution is -0.117. The number of hydrogen-bond donors (Lipinski definition) is 2. The highest BCUT2D eigenvalue weighted by molar-refractivity contribution is 6.53. The number of hydrogen-bond acceptors (Lipinski definition) is 2. The molecule has 11 heteroatoms. The molecule has 1 aliphatic carbocycles. The number of carbonyl (C=O) groups excluding carboxylic acids is 2. The molecule has 1 aliphatic rings. The van der Waals surface area contributed by atoms with Gasteiger partial charge in [-0.3, -0.25) is 9.59 Å². The summed E-state index contributed by atoms with van der Waals surface area (Å²) in [5.74, 6) is -4.62. The smallest absolute Gasteiger partial charge is 0.257 e. The third-order valence-electron chi connectivity index (χ3n) is 5.61. The number of carbonyl (C=O) groups is 2. The summed E-state index contributed by atoms with van der Waals surface area (Å²) < 4.78 is 26.4. The number of para-hydroxylation sites is 1. The molecule has 0 aromatic heterocycles. The van der Waals surface area contributed by atoms with E-state index in [4.69, 9.17) is 58.0 Å². The van der Waals surface area contributed by atoms with E-state index in [2.05, 4.69) is 10.6 Å². The van der Waals surface area contributed by atoms with E-state index < -0.39 is 45.3 Å². The van der Waals surface area contributed by atoms with Crippen molar-refractivity contribution in [1.82, 2.24) is 0 Å². The number of halogens is 7. The van der Waals surface area contributed by atoms with Crippen molar-refractivity contribution < 1.29 is 18.4 Å². The van der Waals surface area contributed by atoms with E-state index in [9.17, 15) is 18.4 Å². The van der Waals surface area contributed by atoms with Crippen molar-refractivity contribution in [3.05, 3.63) is 91.9 Å². The Labute approximate surface area is 224 Å². The van der Waals surface area contributed by atoms with Crippen LogP contribution >= 0.6 is 58.0 Å². The Morgan fingerprint density at radius 1 is 0.914 bits per heavy atom. The molecule has 3 aromatic carbocycles. The number of anilines is 2. The molecule has 4 nitrogen and oxygen atoms in total. The maximum absolute atomic E-state index is 13.9. The third-order valence-corrected chi connectivity index (χ3v) is 7.77. The number of alkyl halides is 2. The molecule has 1 fully saturated rings. The van der Waals surface area contributed by atoms with Crippen molar-refractivity contribution in [3.8, 4) is 0 Å². The zero-order valence-corrected chi connectivity index (χ0v) is 21.5. The van der Waals surface area contributed by atoms with Gasteiger partial charge in [-0.2, -0.15) is 0 Å². The third kappa shape index (κ3) is 5.09. The van der Waals surface area contributed by atoms with E-state index in [1.807, 2.05) is 0 Å². The molecule has 35 heavy (non-hydrogen) atoms. The zero-order chi connectivity index (χ0) is 25.7. The van der Waals surface area contributed by atoms with Gasteiger partial charge in [-0.25, -0.2) is 8.78 Å². The van der Waals surface area contributed by atoms with Gasteiger partial charge in [-0.1, -0.05) is 46.9 Å². The van der Waals surface area contributed by atoms with Crippen molar-refractivity contribution >= 4 is 81.2 Å². The molecule has 4 rings (SSSR count). The van der Waals surface area contributed by atoms with Gasteiger partial charge in [0.05, 0.1) is 26.5 Å². The van der Waals surface area contributed by atoms with Gasteiger partial charge in [-0.05, 0) is 54.4 Å². The molecule has 2 unspecified atom stereocenters. The van der Waals surface area contributed by atoms with E-state index >= 15 is 0 Å². The first kappa shape index (κ1) is 26.0. The lowest BCUT2D eigenvalue weighted by Gasteiger charge is -2.11. The van der Waals surface area contributed by atoms with Crippen LogP contribution in [0.1, 0.15) is 27.4 Å². The quantitative estimate of drug-likeness (QED) is 0.301. The summed E-state index contributed by atoms with van der Waals surface area (Å²) in [6, 6.07) is 10.7. The minimum absolute atomic E-state index is 0.0110. The van der Waals surface area contributed by atoms with Crippen LogP contribution in [-0.4, -0.2) is 16.1 Å². The molecule has 3 aromatic rings. The molecule has 2 N–H and O–H groups in total. The highest BCUT2D eigenvalue weighted by atomic mass is 35.5. The summed E-state index contributed by atoms with van der Waals surface area (Å²) in [5.41, 5.74) is 0.852. The summed E-state index contributed by atoms with van der Waals surface area (Å²) in [5, 5.41) is 5.54. The first-order valence-electron chi connectivity index (χ1n) is 10.1. The monoisotopic (exact) mass is 576 g/mol. The van der Waals surface area contributed by atoms with Crippen LogP contribution in [0.2, 0.25) is 15.1 Å². The van der Waals surface area contributed by atoms with Crippen LogP contribution in [-0.2, 0) is 4.79 Å². The highest BCUT2D eigenvalue weighted by Crippen LogP contribution is 2.65. The Morgan fingerprint density at radius 2 is 1.57 bits per heavy atom. The lowest BCUT2D eigenvalue weighted by Crippen LogP contribution is -2.18. The molecule has 0 spiro atoms. The molecule has 2 amide bonds. The average Bonchev–Trinajstić information content (AvgIpc) is 3.37. The van der Waals surface area contributed by atoms with Crippen LogP contribution in [0, 0.1) is 24.5 Å². The van der Waals surface area contributed by atoms with Gasteiger partial charge in [-0.15, -0.1) is 23.2 Å². The van der Waals surface area contributed by atoms with Crippen LogP contribution in [0.4, 0.5) is 20.2 Å². The van der Waals surface area contributed by atoms with E-state index in [1.165, 1.54) is 24.3 Å². The van der Waals surface area contributed by atoms with E-state index in [1.54, 1.807) is 19.1 Å². The lowest BCUT2D eigenvalue weighted by atomic mass is 10.1. The molecule has 0 aliphatic heterocycles. The second-order valence-corrected chi connectivity index (χ2v) is 10.6. The molecule has 0 saturated heterocycles. The van der Waals surface area contributed by atoms with Crippen LogP contribution < -0.4 is 10.6 Å². The van der Waals surface area contributed by atoms with Crippen molar-refractivity contribution in [1.29, 1.82) is 0 Å². The Bertz CT molecular complexity index is 1320. The van der Waals surface area contributed by atoms with Gasteiger partial charge in [0.1, 0.15) is 21.7 Å². The molecular formula is C24H15Cl5F2N2O2. The molecule has 182 valence electrons. The minimum atomic E-state index is -1.39. The molecule has 2 atom stereocenters. The van der Waals surface area contributed by atoms with Crippen LogP contribution in [0.15, 0.2) is 48.5 Å². The van der Waals surface area contributed by atoms with Gasteiger partial charge >= 0.3 is 0 Å². The summed E-state index contributed by atoms with van der Waals surface area (Å²) in [4.78, 5) is 25.6. The van der Waals surface area contributed by atoms with E-state index in [0.29, 0.717) is 21.2 Å². The van der Waals surface area contributed by atoms with E-state index in [0.717, 1.165) is 12.1 Å². The van der Waals surface area contributed by atoms with Crippen molar-refractivity contribution in [2.24, 2.45) is 5.92 Å². The minimum Gasteiger partial charge on any atom is -0.326 e. The number of nitrogens with one attached hydrogen (secondary N) is 2. The SMILES string of the molecule is Cc1cc(C2C(C(=O)Nc3ccc(Cl)c(C(=O)Nc4c(F)cccc4F)c3)C2(Cl)Cl)cc(Cl)c1Cl. The van der Waals surface area contributed by atoms with Gasteiger partial charge < -0.3 is 10.6 Å². The average molecular weight is 579 g/mol. The predicted molar refractivity (Wildman–Crippen MR) is 136 cm³/mol. The molecular weight excluding hydrogens is 564 g/mol. The Kier molecular flexibility index (Phi) is 7.24. The van der Waals surface area contributed by atoms with Crippen molar-refractivity contribution in [2.45, 2.75) is 17.2 Å². The number of aryl methyl sites for hydroxylation is 1. The maximum Gasteiger partial charge on any atom is 0.257 e. The van der Waals surface area contributed by atoms with E-state index in [-0.39, 0.29) is 16.3 Å². The molecule has 0 bridgehead atoms.